The minimum atomic E-state index is 0.182. The molecule has 0 aromatic heterocycles. The number of hydrogen-bond donors (Lipinski definition) is 1. The molecule has 1 atom stereocenters. The Balaban J connectivity index is 2.25. The SMILES string of the molecule is CN(C)CCC1SCCNC1=O. The molecular formula is C8H16N2OS. The van der Waals surface area contributed by atoms with Crippen molar-refractivity contribution in [3.05, 3.63) is 0 Å². The van der Waals surface area contributed by atoms with E-state index in [-0.39, 0.29) is 11.2 Å². The molecule has 4 heteroatoms. The van der Waals surface area contributed by atoms with Gasteiger partial charge in [-0.2, -0.15) is 0 Å². The van der Waals surface area contributed by atoms with Gasteiger partial charge in [0.25, 0.3) is 0 Å². The number of nitrogens with one attached hydrogen (secondary N) is 1. The minimum absolute atomic E-state index is 0.182. The van der Waals surface area contributed by atoms with E-state index in [1.807, 2.05) is 14.1 Å². The molecule has 0 bridgehead atoms. The van der Waals surface area contributed by atoms with E-state index < -0.39 is 0 Å². The molecule has 0 aliphatic carbocycles. The van der Waals surface area contributed by atoms with Gasteiger partial charge in [0.15, 0.2) is 0 Å². The Morgan fingerprint density at radius 1 is 1.67 bits per heavy atom. The van der Waals surface area contributed by atoms with Gasteiger partial charge in [0, 0.05) is 12.3 Å². The molecule has 1 saturated heterocycles. The van der Waals surface area contributed by atoms with Gasteiger partial charge in [-0.3, -0.25) is 4.79 Å². The van der Waals surface area contributed by atoms with Gasteiger partial charge in [0.1, 0.15) is 0 Å². The number of carbonyl (C=O) groups excluding carboxylic acids is 1. The predicted molar refractivity (Wildman–Crippen MR) is 52.4 cm³/mol. The van der Waals surface area contributed by atoms with Gasteiger partial charge in [-0.15, -0.1) is 11.8 Å². The summed E-state index contributed by atoms with van der Waals surface area (Å²) in [6.07, 6.45) is 0.962. The first-order valence-electron chi connectivity index (χ1n) is 4.24. The van der Waals surface area contributed by atoms with Crippen LogP contribution in [0.3, 0.4) is 0 Å². The summed E-state index contributed by atoms with van der Waals surface area (Å²) in [5.41, 5.74) is 0. The van der Waals surface area contributed by atoms with E-state index in [1.165, 1.54) is 0 Å². The molecule has 0 radical (unpaired) electrons. The quantitative estimate of drug-likeness (QED) is 0.685. The van der Waals surface area contributed by atoms with Gasteiger partial charge < -0.3 is 10.2 Å². The molecule has 1 fully saturated rings. The molecule has 1 amide bonds. The third-order valence-corrected chi connectivity index (χ3v) is 3.14. The van der Waals surface area contributed by atoms with Crippen molar-refractivity contribution in [1.82, 2.24) is 10.2 Å². The molecule has 0 spiro atoms. The van der Waals surface area contributed by atoms with Gasteiger partial charge in [0.05, 0.1) is 5.25 Å². The zero-order valence-electron chi connectivity index (χ0n) is 7.67. The molecular weight excluding hydrogens is 172 g/mol. The van der Waals surface area contributed by atoms with Crippen LogP contribution in [-0.2, 0) is 4.79 Å². The van der Waals surface area contributed by atoms with Crippen molar-refractivity contribution < 1.29 is 4.79 Å². The number of amides is 1. The number of carbonyl (C=O) groups is 1. The monoisotopic (exact) mass is 188 g/mol. The van der Waals surface area contributed by atoms with Crippen molar-refractivity contribution >= 4 is 17.7 Å². The molecule has 0 aromatic carbocycles. The van der Waals surface area contributed by atoms with Crippen LogP contribution in [0.15, 0.2) is 0 Å². The Bertz CT molecular complexity index is 161. The van der Waals surface area contributed by atoms with Gasteiger partial charge in [-0.25, -0.2) is 0 Å². The molecule has 0 saturated carbocycles. The van der Waals surface area contributed by atoms with Gasteiger partial charge in [0.2, 0.25) is 5.91 Å². The van der Waals surface area contributed by atoms with E-state index in [0.717, 1.165) is 25.3 Å². The van der Waals surface area contributed by atoms with Crippen LogP contribution in [-0.4, -0.2) is 49.0 Å². The first kappa shape index (κ1) is 9.86. The molecule has 3 nitrogen and oxygen atoms in total. The summed E-state index contributed by atoms with van der Waals surface area (Å²) in [4.78, 5) is 13.4. The fourth-order valence-electron chi connectivity index (χ4n) is 1.15. The lowest BCUT2D eigenvalue weighted by molar-refractivity contribution is -0.120. The summed E-state index contributed by atoms with van der Waals surface area (Å²) >= 11 is 1.77. The highest BCUT2D eigenvalue weighted by molar-refractivity contribution is 8.00. The average Bonchev–Trinajstić information content (AvgIpc) is 2.03. The summed E-state index contributed by atoms with van der Waals surface area (Å²) in [5.74, 6) is 1.28. The molecule has 1 aliphatic heterocycles. The highest BCUT2D eigenvalue weighted by Crippen LogP contribution is 2.17. The normalized spacial score (nSPS) is 24.2. The van der Waals surface area contributed by atoms with Crippen LogP contribution in [0.2, 0.25) is 0 Å². The van der Waals surface area contributed by atoms with Crippen molar-refractivity contribution in [2.45, 2.75) is 11.7 Å². The fraction of sp³-hybridized carbons (Fsp3) is 0.875. The molecule has 1 aliphatic rings. The third-order valence-electron chi connectivity index (χ3n) is 1.85. The Morgan fingerprint density at radius 3 is 3.00 bits per heavy atom. The van der Waals surface area contributed by atoms with E-state index in [2.05, 4.69) is 10.2 Å². The smallest absolute Gasteiger partial charge is 0.233 e. The standard InChI is InChI=1S/C8H16N2OS/c1-10(2)5-3-7-8(11)9-4-6-12-7/h7H,3-6H2,1-2H3,(H,9,11). The maximum absolute atomic E-state index is 11.3. The number of nitrogens with zero attached hydrogens (tertiary/aromatic N) is 1. The first-order valence-corrected chi connectivity index (χ1v) is 5.29. The first-order chi connectivity index (χ1) is 5.70. The lowest BCUT2D eigenvalue weighted by Gasteiger charge is -2.22. The molecule has 0 aromatic rings. The molecule has 1 heterocycles. The van der Waals surface area contributed by atoms with E-state index in [9.17, 15) is 4.79 Å². The third kappa shape index (κ3) is 3.03. The molecule has 1 rings (SSSR count). The van der Waals surface area contributed by atoms with E-state index >= 15 is 0 Å². The van der Waals surface area contributed by atoms with Gasteiger partial charge in [-0.05, 0) is 27.1 Å². The summed E-state index contributed by atoms with van der Waals surface area (Å²) in [5, 5.41) is 3.06. The molecule has 70 valence electrons. The van der Waals surface area contributed by atoms with Crippen molar-refractivity contribution in [3.8, 4) is 0 Å². The molecule has 12 heavy (non-hydrogen) atoms. The zero-order chi connectivity index (χ0) is 8.97. The zero-order valence-corrected chi connectivity index (χ0v) is 8.49. The second-order valence-corrected chi connectivity index (χ2v) is 4.55. The highest BCUT2D eigenvalue weighted by atomic mass is 32.2. The summed E-state index contributed by atoms with van der Waals surface area (Å²) in [6.45, 7) is 1.83. The maximum atomic E-state index is 11.3. The lowest BCUT2D eigenvalue weighted by atomic mass is 10.2. The number of thioether (sulfide) groups is 1. The number of rotatable bonds is 3. The summed E-state index contributed by atoms with van der Waals surface area (Å²) in [6, 6.07) is 0. The Morgan fingerprint density at radius 2 is 2.42 bits per heavy atom. The predicted octanol–water partition coefficient (Wildman–Crippen LogP) is 0.170. The lowest BCUT2D eigenvalue weighted by Crippen LogP contribution is -2.40. The van der Waals surface area contributed by atoms with Crippen LogP contribution in [0.4, 0.5) is 0 Å². The van der Waals surface area contributed by atoms with Gasteiger partial charge >= 0.3 is 0 Å². The second-order valence-electron chi connectivity index (χ2n) is 3.24. The Hall–Kier alpha value is -0.220. The van der Waals surface area contributed by atoms with Crippen LogP contribution in [0.5, 0.6) is 0 Å². The van der Waals surface area contributed by atoms with Crippen molar-refractivity contribution in [1.29, 1.82) is 0 Å². The van der Waals surface area contributed by atoms with Crippen LogP contribution >= 0.6 is 11.8 Å². The maximum Gasteiger partial charge on any atom is 0.233 e. The summed E-state index contributed by atoms with van der Waals surface area (Å²) < 4.78 is 0. The average molecular weight is 188 g/mol. The van der Waals surface area contributed by atoms with Crippen molar-refractivity contribution in [2.75, 3.05) is 32.9 Å². The van der Waals surface area contributed by atoms with Crippen LogP contribution < -0.4 is 5.32 Å². The summed E-state index contributed by atoms with van der Waals surface area (Å²) in [7, 11) is 4.07. The van der Waals surface area contributed by atoms with Crippen LogP contribution in [0, 0.1) is 0 Å². The Labute approximate surface area is 77.9 Å². The Kier molecular flexibility index (Phi) is 3.88. The molecule has 1 N–H and O–H groups in total. The van der Waals surface area contributed by atoms with Crippen molar-refractivity contribution in [3.63, 3.8) is 0 Å². The second kappa shape index (κ2) is 4.72. The topological polar surface area (TPSA) is 32.3 Å². The van der Waals surface area contributed by atoms with E-state index in [4.69, 9.17) is 0 Å². The van der Waals surface area contributed by atoms with Crippen LogP contribution in [0.1, 0.15) is 6.42 Å². The largest absolute Gasteiger partial charge is 0.354 e. The number of hydrogen-bond acceptors (Lipinski definition) is 3. The van der Waals surface area contributed by atoms with E-state index in [1.54, 1.807) is 11.8 Å². The molecule has 1 unspecified atom stereocenters. The van der Waals surface area contributed by atoms with Crippen molar-refractivity contribution in [2.24, 2.45) is 0 Å². The van der Waals surface area contributed by atoms with E-state index in [0.29, 0.717) is 0 Å². The minimum Gasteiger partial charge on any atom is -0.354 e. The van der Waals surface area contributed by atoms with Gasteiger partial charge in [-0.1, -0.05) is 0 Å². The fourth-order valence-corrected chi connectivity index (χ4v) is 2.17. The highest BCUT2D eigenvalue weighted by Gasteiger charge is 2.21. The van der Waals surface area contributed by atoms with Crippen LogP contribution in [0.25, 0.3) is 0 Å².